The molecule has 0 spiro atoms. The molecule has 0 atom stereocenters. The minimum atomic E-state index is 0.106. The summed E-state index contributed by atoms with van der Waals surface area (Å²) in [6, 6.07) is 0.458. The third-order valence-corrected chi connectivity index (χ3v) is 2.79. The van der Waals surface area contributed by atoms with Crippen LogP contribution in [0.1, 0.15) is 34.1 Å². The summed E-state index contributed by atoms with van der Waals surface area (Å²) in [5.74, 6) is 0.476. The van der Waals surface area contributed by atoms with Gasteiger partial charge >= 0.3 is 0 Å². The standard InChI is InChI=1S/C11H20FN/c1-8(2)10-5-6-13(9(3)4)7-11(10)12/h8-9H,5-7H2,1-4H3. The number of halogens is 1. The van der Waals surface area contributed by atoms with Crippen LogP contribution in [0, 0.1) is 5.92 Å². The Morgan fingerprint density at radius 3 is 2.23 bits per heavy atom. The van der Waals surface area contributed by atoms with E-state index in [0.717, 1.165) is 18.5 Å². The first-order valence-corrected chi connectivity index (χ1v) is 5.13. The van der Waals surface area contributed by atoms with Gasteiger partial charge in [0, 0.05) is 12.6 Å². The van der Waals surface area contributed by atoms with E-state index in [0.29, 0.717) is 18.5 Å². The van der Waals surface area contributed by atoms with Crippen molar-refractivity contribution in [3.8, 4) is 0 Å². The van der Waals surface area contributed by atoms with Gasteiger partial charge in [0.2, 0.25) is 0 Å². The quantitative estimate of drug-likeness (QED) is 0.639. The van der Waals surface area contributed by atoms with Crippen molar-refractivity contribution in [2.45, 2.75) is 40.2 Å². The molecule has 0 aliphatic carbocycles. The average Bonchev–Trinajstić information content (AvgIpc) is 2.03. The number of nitrogens with zero attached hydrogens (tertiary/aromatic N) is 1. The Bertz CT molecular complexity index is 206. The molecule has 2 heteroatoms. The van der Waals surface area contributed by atoms with Gasteiger partial charge in [0.15, 0.2) is 0 Å². The van der Waals surface area contributed by atoms with E-state index in [1.54, 1.807) is 0 Å². The molecule has 0 saturated carbocycles. The monoisotopic (exact) mass is 185 g/mol. The van der Waals surface area contributed by atoms with Gasteiger partial charge < -0.3 is 0 Å². The van der Waals surface area contributed by atoms with Crippen LogP contribution < -0.4 is 0 Å². The Morgan fingerprint density at radius 1 is 1.23 bits per heavy atom. The van der Waals surface area contributed by atoms with E-state index in [2.05, 4.69) is 32.6 Å². The average molecular weight is 185 g/mol. The lowest BCUT2D eigenvalue weighted by Gasteiger charge is -2.31. The van der Waals surface area contributed by atoms with Gasteiger partial charge in [-0.05, 0) is 31.8 Å². The summed E-state index contributed by atoms with van der Waals surface area (Å²) >= 11 is 0. The molecule has 0 bridgehead atoms. The van der Waals surface area contributed by atoms with E-state index in [-0.39, 0.29) is 5.83 Å². The lowest BCUT2D eigenvalue weighted by atomic mass is 9.95. The minimum Gasteiger partial charge on any atom is -0.294 e. The Morgan fingerprint density at radius 2 is 1.85 bits per heavy atom. The molecular weight excluding hydrogens is 165 g/mol. The van der Waals surface area contributed by atoms with Crippen molar-refractivity contribution in [3.05, 3.63) is 11.4 Å². The first-order chi connectivity index (χ1) is 6.02. The van der Waals surface area contributed by atoms with E-state index < -0.39 is 0 Å². The summed E-state index contributed by atoms with van der Waals surface area (Å²) in [5, 5.41) is 0. The zero-order chi connectivity index (χ0) is 10.0. The molecule has 0 N–H and O–H groups in total. The van der Waals surface area contributed by atoms with Gasteiger partial charge in [0.05, 0.1) is 6.54 Å². The maximum absolute atomic E-state index is 13.5. The molecule has 1 heterocycles. The molecule has 0 aromatic rings. The summed E-state index contributed by atoms with van der Waals surface area (Å²) in [5.41, 5.74) is 1.02. The summed E-state index contributed by atoms with van der Waals surface area (Å²) in [6.45, 7) is 9.91. The highest BCUT2D eigenvalue weighted by Crippen LogP contribution is 2.25. The van der Waals surface area contributed by atoms with Crippen molar-refractivity contribution >= 4 is 0 Å². The third kappa shape index (κ3) is 2.53. The van der Waals surface area contributed by atoms with Crippen LogP contribution in [-0.4, -0.2) is 24.0 Å². The molecule has 13 heavy (non-hydrogen) atoms. The van der Waals surface area contributed by atoms with Crippen LogP contribution in [0.4, 0.5) is 4.39 Å². The molecule has 1 aliphatic heterocycles. The van der Waals surface area contributed by atoms with E-state index in [1.165, 1.54) is 0 Å². The van der Waals surface area contributed by atoms with Gasteiger partial charge in [-0.2, -0.15) is 0 Å². The van der Waals surface area contributed by atoms with Crippen molar-refractivity contribution in [1.82, 2.24) is 4.90 Å². The second-order valence-corrected chi connectivity index (χ2v) is 4.40. The Balaban J connectivity index is 2.67. The van der Waals surface area contributed by atoms with Gasteiger partial charge in [0.1, 0.15) is 5.83 Å². The Labute approximate surface area is 80.6 Å². The van der Waals surface area contributed by atoms with Crippen LogP contribution in [0.3, 0.4) is 0 Å². The van der Waals surface area contributed by atoms with Crippen LogP contribution in [0.2, 0.25) is 0 Å². The van der Waals surface area contributed by atoms with Gasteiger partial charge in [-0.1, -0.05) is 13.8 Å². The summed E-state index contributed by atoms with van der Waals surface area (Å²) < 4.78 is 13.5. The van der Waals surface area contributed by atoms with Crippen molar-refractivity contribution < 1.29 is 4.39 Å². The second-order valence-electron chi connectivity index (χ2n) is 4.40. The molecule has 0 unspecified atom stereocenters. The largest absolute Gasteiger partial charge is 0.294 e. The lowest BCUT2D eigenvalue weighted by Crippen LogP contribution is -2.36. The smallest absolute Gasteiger partial charge is 0.113 e. The van der Waals surface area contributed by atoms with Crippen molar-refractivity contribution in [2.24, 2.45) is 5.92 Å². The van der Waals surface area contributed by atoms with E-state index in [4.69, 9.17) is 0 Å². The molecule has 76 valence electrons. The van der Waals surface area contributed by atoms with Crippen LogP contribution in [0.5, 0.6) is 0 Å². The van der Waals surface area contributed by atoms with Crippen molar-refractivity contribution in [2.75, 3.05) is 13.1 Å². The highest BCUT2D eigenvalue weighted by molar-refractivity contribution is 5.15. The van der Waals surface area contributed by atoms with Crippen molar-refractivity contribution in [3.63, 3.8) is 0 Å². The predicted octanol–water partition coefficient (Wildman–Crippen LogP) is 2.98. The topological polar surface area (TPSA) is 3.24 Å². The van der Waals surface area contributed by atoms with Crippen LogP contribution in [0.15, 0.2) is 11.4 Å². The summed E-state index contributed by atoms with van der Waals surface area (Å²) in [6.07, 6.45) is 0.904. The number of hydrogen-bond donors (Lipinski definition) is 0. The maximum Gasteiger partial charge on any atom is 0.113 e. The molecule has 1 aliphatic rings. The zero-order valence-electron chi connectivity index (χ0n) is 9.10. The highest BCUT2D eigenvalue weighted by atomic mass is 19.1. The Kier molecular flexibility index (Phi) is 3.48. The second kappa shape index (κ2) is 4.23. The van der Waals surface area contributed by atoms with E-state index in [9.17, 15) is 4.39 Å². The molecule has 0 aromatic heterocycles. The Hall–Kier alpha value is -0.370. The van der Waals surface area contributed by atoms with Crippen LogP contribution in [0.25, 0.3) is 0 Å². The van der Waals surface area contributed by atoms with Gasteiger partial charge in [0.25, 0.3) is 0 Å². The lowest BCUT2D eigenvalue weighted by molar-refractivity contribution is 0.209. The number of rotatable bonds is 2. The minimum absolute atomic E-state index is 0.106. The molecule has 0 fully saturated rings. The zero-order valence-corrected chi connectivity index (χ0v) is 9.10. The molecule has 0 aromatic carbocycles. The van der Waals surface area contributed by atoms with E-state index >= 15 is 0 Å². The SMILES string of the molecule is CC(C)C1=C(F)CN(C(C)C)CC1. The number of hydrogen-bond acceptors (Lipinski definition) is 1. The van der Waals surface area contributed by atoms with Gasteiger partial charge in [-0.25, -0.2) is 4.39 Å². The molecule has 0 amide bonds. The third-order valence-electron chi connectivity index (χ3n) is 2.79. The maximum atomic E-state index is 13.5. The fourth-order valence-electron chi connectivity index (χ4n) is 1.80. The summed E-state index contributed by atoms with van der Waals surface area (Å²) in [4.78, 5) is 2.18. The first kappa shape index (κ1) is 10.7. The van der Waals surface area contributed by atoms with E-state index in [1.807, 2.05) is 0 Å². The highest BCUT2D eigenvalue weighted by Gasteiger charge is 2.21. The molecule has 0 saturated heterocycles. The van der Waals surface area contributed by atoms with Crippen molar-refractivity contribution in [1.29, 1.82) is 0 Å². The fraction of sp³-hybridized carbons (Fsp3) is 0.818. The fourth-order valence-corrected chi connectivity index (χ4v) is 1.80. The molecule has 1 rings (SSSR count). The molecular formula is C11H20FN. The predicted molar refractivity (Wildman–Crippen MR) is 54.3 cm³/mol. The normalized spacial score (nSPS) is 20.5. The van der Waals surface area contributed by atoms with Crippen LogP contribution in [-0.2, 0) is 0 Å². The van der Waals surface area contributed by atoms with Crippen LogP contribution >= 0.6 is 0 Å². The first-order valence-electron chi connectivity index (χ1n) is 5.13. The molecule has 0 radical (unpaired) electrons. The summed E-state index contributed by atoms with van der Waals surface area (Å²) in [7, 11) is 0. The van der Waals surface area contributed by atoms with Gasteiger partial charge in [-0.3, -0.25) is 4.90 Å². The van der Waals surface area contributed by atoms with Gasteiger partial charge in [-0.15, -0.1) is 0 Å². The molecule has 1 nitrogen and oxygen atoms in total.